The molecule has 0 heterocycles. The lowest BCUT2D eigenvalue weighted by Crippen LogP contribution is -2.36. The summed E-state index contributed by atoms with van der Waals surface area (Å²) in [7, 11) is 0. The molecule has 0 unspecified atom stereocenters. The van der Waals surface area contributed by atoms with Crippen molar-refractivity contribution in [3.05, 3.63) is 63.7 Å². The van der Waals surface area contributed by atoms with Crippen LogP contribution in [0, 0.1) is 24.0 Å². The molecular formula is C20H21N3O7. The Morgan fingerprint density at radius 1 is 0.967 bits per heavy atom. The van der Waals surface area contributed by atoms with E-state index in [9.17, 15) is 24.5 Å². The second-order valence-corrected chi connectivity index (χ2v) is 6.29. The minimum atomic E-state index is -0.802. The molecule has 0 aliphatic carbocycles. The standard InChI is InChI=1S/C20H21N3O7/c1-13-4-3-5-14(2)20(13)22-17(24)10-21-18(25)11-30-19(26)12-29-16-8-6-15(7-9-16)23(27)28/h3-9H,10-12H2,1-2H3,(H,21,25)(H,22,24). The van der Waals surface area contributed by atoms with E-state index in [4.69, 9.17) is 9.47 Å². The number of carbonyl (C=O) groups excluding carboxylic acids is 3. The predicted octanol–water partition coefficient (Wildman–Crippen LogP) is 1.89. The molecule has 2 amide bonds. The Morgan fingerprint density at radius 3 is 2.20 bits per heavy atom. The van der Waals surface area contributed by atoms with E-state index >= 15 is 0 Å². The van der Waals surface area contributed by atoms with Crippen LogP contribution in [0.4, 0.5) is 11.4 Å². The van der Waals surface area contributed by atoms with Gasteiger partial charge in [0.05, 0.1) is 11.5 Å². The SMILES string of the molecule is Cc1cccc(C)c1NC(=O)CNC(=O)COC(=O)COc1ccc([N+](=O)[O-])cc1. The fourth-order valence-corrected chi connectivity index (χ4v) is 2.42. The van der Waals surface area contributed by atoms with Crippen molar-refractivity contribution in [3.8, 4) is 5.75 Å². The third kappa shape index (κ3) is 6.89. The zero-order valence-corrected chi connectivity index (χ0v) is 16.5. The van der Waals surface area contributed by atoms with Crippen LogP contribution in [0.1, 0.15) is 11.1 Å². The first kappa shape index (κ1) is 22.3. The highest BCUT2D eigenvalue weighted by Gasteiger charge is 2.12. The molecule has 0 radical (unpaired) electrons. The van der Waals surface area contributed by atoms with E-state index in [2.05, 4.69) is 10.6 Å². The van der Waals surface area contributed by atoms with E-state index in [1.807, 2.05) is 32.0 Å². The summed E-state index contributed by atoms with van der Waals surface area (Å²) in [6.07, 6.45) is 0. The van der Waals surface area contributed by atoms with Crippen LogP contribution in [-0.2, 0) is 19.1 Å². The van der Waals surface area contributed by atoms with Crippen molar-refractivity contribution in [2.75, 3.05) is 25.1 Å². The van der Waals surface area contributed by atoms with Crippen molar-refractivity contribution in [2.45, 2.75) is 13.8 Å². The maximum Gasteiger partial charge on any atom is 0.344 e. The molecule has 2 aromatic carbocycles. The van der Waals surface area contributed by atoms with Gasteiger partial charge in [-0.15, -0.1) is 0 Å². The maximum atomic E-state index is 12.0. The molecule has 158 valence electrons. The Hall–Kier alpha value is -3.95. The highest BCUT2D eigenvalue weighted by atomic mass is 16.6. The van der Waals surface area contributed by atoms with Gasteiger partial charge in [-0.25, -0.2) is 4.79 Å². The van der Waals surface area contributed by atoms with Crippen LogP contribution in [0.25, 0.3) is 0 Å². The molecule has 2 aromatic rings. The number of nitrogens with zero attached hydrogens (tertiary/aromatic N) is 1. The molecule has 0 saturated carbocycles. The van der Waals surface area contributed by atoms with Crippen molar-refractivity contribution in [3.63, 3.8) is 0 Å². The number of esters is 1. The Morgan fingerprint density at radius 2 is 1.60 bits per heavy atom. The minimum absolute atomic E-state index is 0.108. The number of carbonyl (C=O) groups is 3. The van der Waals surface area contributed by atoms with E-state index in [1.165, 1.54) is 24.3 Å². The first-order chi connectivity index (χ1) is 14.3. The van der Waals surface area contributed by atoms with Crippen molar-refractivity contribution in [1.29, 1.82) is 0 Å². The monoisotopic (exact) mass is 415 g/mol. The van der Waals surface area contributed by atoms with Crippen molar-refractivity contribution >= 4 is 29.2 Å². The third-order valence-electron chi connectivity index (χ3n) is 3.96. The van der Waals surface area contributed by atoms with E-state index in [-0.39, 0.29) is 18.0 Å². The molecule has 0 saturated heterocycles. The van der Waals surface area contributed by atoms with Gasteiger partial charge in [-0.1, -0.05) is 18.2 Å². The molecule has 2 rings (SSSR count). The number of benzene rings is 2. The summed E-state index contributed by atoms with van der Waals surface area (Å²) in [5, 5.41) is 15.7. The zero-order chi connectivity index (χ0) is 22.1. The molecule has 0 bridgehead atoms. The van der Waals surface area contributed by atoms with Crippen LogP contribution >= 0.6 is 0 Å². The number of hydrogen-bond acceptors (Lipinski definition) is 7. The fourth-order valence-electron chi connectivity index (χ4n) is 2.42. The molecule has 0 atom stereocenters. The van der Waals surface area contributed by atoms with Gasteiger partial charge >= 0.3 is 5.97 Å². The fraction of sp³-hybridized carbons (Fsp3) is 0.250. The van der Waals surface area contributed by atoms with Gasteiger partial charge in [0.25, 0.3) is 11.6 Å². The summed E-state index contributed by atoms with van der Waals surface area (Å²) < 4.78 is 9.89. The average molecular weight is 415 g/mol. The molecule has 2 N–H and O–H groups in total. The highest BCUT2D eigenvalue weighted by Crippen LogP contribution is 2.19. The Kier molecular flexibility index (Phi) is 7.86. The van der Waals surface area contributed by atoms with Gasteiger partial charge in [0.2, 0.25) is 5.91 Å². The average Bonchev–Trinajstić information content (AvgIpc) is 2.72. The number of nitrogens with one attached hydrogen (secondary N) is 2. The van der Waals surface area contributed by atoms with Gasteiger partial charge in [-0.2, -0.15) is 0 Å². The van der Waals surface area contributed by atoms with E-state index in [1.54, 1.807) is 0 Å². The summed E-state index contributed by atoms with van der Waals surface area (Å²) >= 11 is 0. The minimum Gasteiger partial charge on any atom is -0.482 e. The van der Waals surface area contributed by atoms with E-state index < -0.39 is 35.9 Å². The zero-order valence-electron chi connectivity index (χ0n) is 16.5. The van der Waals surface area contributed by atoms with Crippen molar-refractivity contribution < 1.29 is 28.8 Å². The number of rotatable bonds is 9. The number of para-hydroxylation sites is 1. The second kappa shape index (κ2) is 10.6. The van der Waals surface area contributed by atoms with Gasteiger partial charge in [0, 0.05) is 17.8 Å². The number of ether oxygens (including phenoxy) is 2. The molecular weight excluding hydrogens is 394 g/mol. The molecule has 0 aliphatic rings. The second-order valence-electron chi connectivity index (χ2n) is 6.29. The Bertz CT molecular complexity index is 922. The topological polar surface area (TPSA) is 137 Å². The van der Waals surface area contributed by atoms with Gasteiger partial charge in [0.15, 0.2) is 13.2 Å². The molecule has 0 spiro atoms. The Labute approximate surface area is 172 Å². The van der Waals surface area contributed by atoms with Gasteiger partial charge in [-0.3, -0.25) is 19.7 Å². The van der Waals surface area contributed by atoms with Crippen LogP contribution in [-0.4, -0.2) is 42.5 Å². The Balaban J connectivity index is 1.68. The number of hydrogen-bond donors (Lipinski definition) is 2. The van der Waals surface area contributed by atoms with E-state index in [0.717, 1.165) is 11.1 Å². The summed E-state index contributed by atoms with van der Waals surface area (Å²) in [5.74, 6) is -1.61. The molecule has 0 fully saturated rings. The van der Waals surface area contributed by atoms with Crippen LogP contribution in [0.2, 0.25) is 0 Å². The number of amides is 2. The summed E-state index contributed by atoms with van der Waals surface area (Å²) in [5.41, 5.74) is 2.38. The van der Waals surface area contributed by atoms with Crippen LogP contribution in [0.3, 0.4) is 0 Å². The van der Waals surface area contributed by atoms with Crippen LogP contribution in [0.5, 0.6) is 5.75 Å². The lowest BCUT2D eigenvalue weighted by Gasteiger charge is -2.12. The number of non-ortho nitro benzene ring substituents is 1. The van der Waals surface area contributed by atoms with Crippen molar-refractivity contribution in [2.24, 2.45) is 0 Å². The predicted molar refractivity (Wildman–Crippen MR) is 107 cm³/mol. The molecule has 10 nitrogen and oxygen atoms in total. The molecule has 10 heteroatoms. The van der Waals surface area contributed by atoms with Gasteiger partial charge < -0.3 is 20.1 Å². The molecule has 30 heavy (non-hydrogen) atoms. The van der Waals surface area contributed by atoms with Gasteiger partial charge in [0.1, 0.15) is 5.75 Å². The smallest absolute Gasteiger partial charge is 0.344 e. The van der Waals surface area contributed by atoms with Gasteiger partial charge in [-0.05, 0) is 37.1 Å². The maximum absolute atomic E-state index is 12.0. The number of aryl methyl sites for hydroxylation is 2. The summed E-state index contributed by atoms with van der Waals surface area (Å²) in [4.78, 5) is 45.4. The van der Waals surface area contributed by atoms with E-state index in [0.29, 0.717) is 5.69 Å². The molecule has 0 aromatic heterocycles. The normalized spacial score (nSPS) is 10.1. The first-order valence-corrected chi connectivity index (χ1v) is 8.92. The first-order valence-electron chi connectivity index (χ1n) is 8.92. The number of nitro benzene ring substituents is 1. The van der Waals surface area contributed by atoms with Crippen molar-refractivity contribution in [1.82, 2.24) is 5.32 Å². The lowest BCUT2D eigenvalue weighted by atomic mass is 10.1. The molecule has 0 aliphatic heterocycles. The number of nitro groups is 1. The quantitative estimate of drug-likeness (QED) is 0.362. The number of anilines is 1. The highest BCUT2D eigenvalue weighted by molar-refractivity contribution is 5.96. The van der Waals surface area contributed by atoms with Crippen LogP contribution in [0.15, 0.2) is 42.5 Å². The lowest BCUT2D eigenvalue weighted by molar-refractivity contribution is -0.384. The third-order valence-corrected chi connectivity index (χ3v) is 3.96. The summed E-state index contributed by atoms with van der Waals surface area (Å²) in [6, 6.07) is 10.7. The largest absolute Gasteiger partial charge is 0.482 e. The summed E-state index contributed by atoms with van der Waals surface area (Å²) in [6.45, 7) is 2.40. The van der Waals surface area contributed by atoms with Crippen LogP contribution < -0.4 is 15.4 Å².